The van der Waals surface area contributed by atoms with Gasteiger partial charge in [-0.15, -0.1) is 0 Å². The van der Waals surface area contributed by atoms with Crippen molar-refractivity contribution in [2.45, 2.75) is 13.8 Å². The van der Waals surface area contributed by atoms with E-state index in [1.807, 2.05) is 19.9 Å². The number of benzene rings is 1. The Bertz CT molecular complexity index is 383. The number of phenolic OH excluding ortho intramolecular Hbond substituents is 1. The third-order valence-electron chi connectivity index (χ3n) is 2.01. The van der Waals surface area contributed by atoms with Gasteiger partial charge < -0.3 is 9.94 Å². The summed E-state index contributed by atoms with van der Waals surface area (Å²) in [5.41, 5.74) is 2.54. The van der Waals surface area contributed by atoms with E-state index in [9.17, 15) is 5.11 Å². The maximum absolute atomic E-state index is 9.36. The average molecular weight is 205 g/mol. The van der Waals surface area contributed by atoms with Crippen LogP contribution in [0.1, 0.15) is 18.1 Å². The van der Waals surface area contributed by atoms with E-state index in [-0.39, 0.29) is 0 Å². The first-order valence-corrected chi connectivity index (χ1v) is 4.72. The molecule has 0 fully saturated rings. The first kappa shape index (κ1) is 11.3. The number of phenols is 1. The summed E-state index contributed by atoms with van der Waals surface area (Å²) >= 11 is 0. The second-order valence-electron chi connectivity index (χ2n) is 3.26. The van der Waals surface area contributed by atoms with Crippen LogP contribution >= 0.6 is 0 Å². The molecule has 0 spiro atoms. The van der Waals surface area contributed by atoms with E-state index >= 15 is 0 Å². The molecule has 0 atom stereocenters. The second-order valence-corrected chi connectivity index (χ2v) is 3.26. The summed E-state index contributed by atoms with van der Waals surface area (Å²) in [6, 6.07) is 5.32. The fourth-order valence-corrected chi connectivity index (χ4v) is 1.12. The molecule has 1 aromatic carbocycles. The smallest absolute Gasteiger partial charge is 0.135 e. The van der Waals surface area contributed by atoms with Crippen molar-refractivity contribution < 1.29 is 9.94 Å². The first-order chi connectivity index (χ1) is 7.15. The number of hydrogen-bond donors (Lipinski definition) is 1. The Hall–Kier alpha value is -1.77. The molecule has 1 rings (SSSR count). The number of nitrogens with zero attached hydrogens (tertiary/aromatic N) is 1. The van der Waals surface area contributed by atoms with E-state index in [1.54, 1.807) is 18.2 Å². The van der Waals surface area contributed by atoms with Crippen LogP contribution in [0.4, 0.5) is 0 Å². The molecule has 0 aliphatic rings. The van der Waals surface area contributed by atoms with Crippen molar-refractivity contribution in [1.82, 2.24) is 0 Å². The van der Waals surface area contributed by atoms with Crippen LogP contribution in [0.15, 0.2) is 36.0 Å². The van der Waals surface area contributed by atoms with Crippen LogP contribution in [0.2, 0.25) is 0 Å². The van der Waals surface area contributed by atoms with Gasteiger partial charge in [-0.3, -0.25) is 0 Å². The minimum absolute atomic E-state index is 0.290. The average Bonchev–Trinajstić information content (AvgIpc) is 2.22. The lowest BCUT2D eigenvalue weighted by atomic mass is 10.1. The molecule has 0 aliphatic carbocycles. The lowest BCUT2D eigenvalue weighted by Gasteiger charge is -2.03. The molecular formula is C12H15NO2. The topological polar surface area (TPSA) is 41.8 Å². The van der Waals surface area contributed by atoms with E-state index < -0.39 is 0 Å². The molecule has 0 aliphatic heterocycles. The Balaban J connectivity index is 2.81. The molecule has 0 bridgehead atoms. The fourth-order valence-electron chi connectivity index (χ4n) is 1.12. The molecule has 3 nitrogen and oxygen atoms in total. The maximum atomic E-state index is 9.36. The Labute approximate surface area is 89.7 Å². The van der Waals surface area contributed by atoms with Gasteiger partial charge in [-0.2, -0.15) is 0 Å². The molecule has 15 heavy (non-hydrogen) atoms. The lowest BCUT2D eigenvalue weighted by Crippen LogP contribution is -1.97. The summed E-state index contributed by atoms with van der Waals surface area (Å²) in [7, 11) is 0. The van der Waals surface area contributed by atoms with Crippen LogP contribution in [-0.2, 0) is 4.84 Å². The zero-order chi connectivity index (χ0) is 11.3. The van der Waals surface area contributed by atoms with Gasteiger partial charge in [0.2, 0.25) is 0 Å². The highest BCUT2D eigenvalue weighted by molar-refractivity contribution is 5.98. The molecule has 0 saturated heterocycles. The highest BCUT2D eigenvalue weighted by Crippen LogP contribution is 2.17. The van der Waals surface area contributed by atoms with Crippen LogP contribution in [-0.4, -0.2) is 17.4 Å². The highest BCUT2D eigenvalue weighted by atomic mass is 16.6. The molecular weight excluding hydrogens is 190 g/mol. The quantitative estimate of drug-likeness (QED) is 0.355. The maximum Gasteiger partial charge on any atom is 0.135 e. The molecule has 3 heteroatoms. The molecule has 80 valence electrons. The molecule has 0 heterocycles. The fraction of sp³-hybridized carbons (Fsp3) is 0.250. The molecule has 0 saturated carbocycles. The Kier molecular flexibility index (Phi) is 3.92. The summed E-state index contributed by atoms with van der Waals surface area (Å²) in [6.07, 6.45) is 1.64. The zero-order valence-electron chi connectivity index (χ0n) is 9.03. The van der Waals surface area contributed by atoms with Crippen LogP contribution < -0.4 is 0 Å². The van der Waals surface area contributed by atoms with E-state index in [2.05, 4.69) is 11.7 Å². The van der Waals surface area contributed by atoms with Crippen molar-refractivity contribution in [3.8, 4) is 5.75 Å². The first-order valence-electron chi connectivity index (χ1n) is 4.72. The van der Waals surface area contributed by atoms with Gasteiger partial charge in [0.25, 0.3) is 0 Å². The van der Waals surface area contributed by atoms with Crippen LogP contribution in [0, 0.1) is 6.92 Å². The largest absolute Gasteiger partial charge is 0.508 e. The van der Waals surface area contributed by atoms with Gasteiger partial charge in [0.05, 0.1) is 5.71 Å². The number of aryl methyl sites for hydroxylation is 1. The number of hydrogen-bond acceptors (Lipinski definition) is 3. The predicted octanol–water partition coefficient (Wildman–Crippen LogP) is 2.63. The summed E-state index contributed by atoms with van der Waals surface area (Å²) in [5, 5.41) is 13.3. The van der Waals surface area contributed by atoms with Crippen molar-refractivity contribution in [3.63, 3.8) is 0 Å². The Morgan fingerprint density at radius 3 is 2.93 bits per heavy atom. The van der Waals surface area contributed by atoms with Gasteiger partial charge in [0.15, 0.2) is 0 Å². The second kappa shape index (κ2) is 5.20. The molecule has 1 aromatic rings. The van der Waals surface area contributed by atoms with E-state index in [4.69, 9.17) is 4.84 Å². The van der Waals surface area contributed by atoms with E-state index in [0.29, 0.717) is 12.4 Å². The Morgan fingerprint density at radius 1 is 1.60 bits per heavy atom. The van der Waals surface area contributed by atoms with Gasteiger partial charge in [0, 0.05) is 0 Å². The summed E-state index contributed by atoms with van der Waals surface area (Å²) in [5.74, 6) is 0.290. The number of rotatable bonds is 4. The van der Waals surface area contributed by atoms with Gasteiger partial charge >= 0.3 is 0 Å². The Morgan fingerprint density at radius 2 is 2.33 bits per heavy atom. The third kappa shape index (κ3) is 3.13. The molecule has 1 N–H and O–H groups in total. The van der Waals surface area contributed by atoms with E-state index in [0.717, 1.165) is 16.8 Å². The summed E-state index contributed by atoms with van der Waals surface area (Å²) in [6.45, 7) is 7.63. The SMILES string of the molecule is C=CCO/N=C(\C)c1ccc(O)c(C)c1. The van der Waals surface area contributed by atoms with Gasteiger partial charge in [-0.05, 0) is 43.2 Å². The normalized spacial score (nSPS) is 11.2. The zero-order valence-corrected chi connectivity index (χ0v) is 9.03. The predicted molar refractivity (Wildman–Crippen MR) is 61.2 cm³/mol. The van der Waals surface area contributed by atoms with Gasteiger partial charge in [-0.25, -0.2) is 0 Å². The summed E-state index contributed by atoms with van der Waals surface area (Å²) in [4.78, 5) is 4.98. The van der Waals surface area contributed by atoms with Crippen molar-refractivity contribution in [2.75, 3.05) is 6.61 Å². The minimum Gasteiger partial charge on any atom is -0.508 e. The van der Waals surface area contributed by atoms with Crippen molar-refractivity contribution in [2.24, 2.45) is 5.16 Å². The monoisotopic (exact) mass is 205 g/mol. The number of aromatic hydroxyl groups is 1. The lowest BCUT2D eigenvalue weighted by molar-refractivity contribution is 0.175. The molecule has 0 unspecified atom stereocenters. The van der Waals surface area contributed by atoms with E-state index in [1.165, 1.54) is 0 Å². The van der Waals surface area contributed by atoms with Crippen LogP contribution in [0.25, 0.3) is 0 Å². The molecule has 0 amide bonds. The van der Waals surface area contributed by atoms with Crippen LogP contribution in [0.5, 0.6) is 5.75 Å². The van der Waals surface area contributed by atoms with Gasteiger partial charge in [-0.1, -0.05) is 17.8 Å². The van der Waals surface area contributed by atoms with Crippen molar-refractivity contribution in [3.05, 3.63) is 42.0 Å². The number of oxime groups is 1. The summed E-state index contributed by atoms with van der Waals surface area (Å²) < 4.78 is 0. The van der Waals surface area contributed by atoms with Crippen LogP contribution in [0.3, 0.4) is 0 Å². The van der Waals surface area contributed by atoms with Gasteiger partial charge in [0.1, 0.15) is 12.4 Å². The third-order valence-corrected chi connectivity index (χ3v) is 2.01. The highest BCUT2D eigenvalue weighted by Gasteiger charge is 2.01. The van der Waals surface area contributed by atoms with Crippen molar-refractivity contribution in [1.29, 1.82) is 0 Å². The molecule has 0 aromatic heterocycles. The standard InChI is InChI=1S/C12H15NO2/c1-4-7-15-13-10(3)11-5-6-12(14)9(2)8-11/h4-6,8,14H,1,7H2,2-3H3/b13-10+. The van der Waals surface area contributed by atoms with Crippen molar-refractivity contribution >= 4 is 5.71 Å². The minimum atomic E-state index is 0.290. The molecule has 0 radical (unpaired) electrons.